The zero-order chi connectivity index (χ0) is 10.4. The number of methoxy groups -OCH3 is 1. The Hall–Kier alpha value is -0.610. The third kappa shape index (κ3) is 4.58. The van der Waals surface area contributed by atoms with Crippen molar-refractivity contribution in [2.75, 3.05) is 20.3 Å². The Morgan fingerprint density at radius 2 is 2.36 bits per heavy atom. The largest absolute Gasteiger partial charge is 0.480 e. The lowest BCUT2D eigenvalue weighted by Gasteiger charge is -2.12. The minimum atomic E-state index is -0.835. The van der Waals surface area contributed by atoms with Crippen molar-refractivity contribution < 1.29 is 14.6 Å². The van der Waals surface area contributed by atoms with Crippen molar-refractivity contribution in [2.45, 2.75) is 31.7 Å². The van der Waals surface area contributed by atoms with Crippen LogP contribution in [0.3, 0.4) is 0 Å². The average Bonchev–Trinajstić information content (AvgIpc) is 2.93. The van der Waals surface area contributed by atoms with Gasteiger partial charge in [0.05, 0.1) is 6.61 Å². The third-order valence-electron chi connectivity index (χ3n) is 2.51. The van der Waals surface area contributed by atoms with E-state index in [0.717, 1.165) is 18.9 Å². The van der Waals surface area contributed by atoms with E-state index in [4.69, 9.17) is 9.84 Å². The van der Waals surface area contributed by atoms with Gasteiger partial charge in [-0.3, -0.25) is 4.79 Å². The molecule has 1 aliphatic rings. The van der Waals surface area contributed by atoms with Gasteiger partial charge in [0.15, 0.2) is 0 Å². The quantitative estimate of drug-likeness (QED) is 0.572. The zero-order valence-corrected chi connectivity index (χ0v) is 8.66. The standard InChI is InChI=1S/C10H19NO3/c1-14-7-9(10(12)13)11-6-2-3-8-4-5-8/h8-9,11H,2-7H2,1H3,(H,12,13). The highest BCUT2D eigenvalue weighted by atomic mass is 16.5. The lowest BCUT2D eigenvalue weighted by Crippen LogP contribution is -2.40. The van der Waals surface area contributed by atoms with E-state index in [0.29, 0.717) is 0 Å². The topological polar surface area (TPSA) is 58.6 Å². The van der Waals surface area contributed by atoms with Crippen molar-refractivity contribution in [3.63, 3.8) is 0 Å². The molecule has 0 amide bonds. The van der Waals surface area contributed by atoms with Gasteiger partial charge in [0.25, 0.3) is 0 Å². The van der Waals surface area contributed by atoms with Crippen LogP contribution in [0.5, 0.6) is 0 Å². The van der Waals surface area contributed by atoms with E-state index in [2.05, 4.69) is 5.32 Å². The first-order valence-corrected chi connectivity index (χ1v) is 5.19. The van der Waals surface area contributed by atoms with Crippen LogP contribution >= 0.6 is 0 Å². The molecule has 4 nitrogen and oxygen atoms in total. The molecule has 1 rings (SSSR count). The monoisotopic (exact) mass is 201 g/mol. The van der Waals surface area contributed by atoms with Crippen LogP contribution in [0, 0.1) is 5.92 Å². The Labute approximate surface area is 84.6 Å². The fourth-order valence-electron chi connectivity index (χ4n) is 1.46. The maximum atomic E-state index is 10.7. The van der Waals surface area contributed by atoms with Crippen LogP contribution in [0.15, 0.2) is 0 Å². The molecule has 14 heavy (non-hydrogen) atoms. The molecular weight excluding hydrogens is 182 g/mol. The van der Waals surface area contributed by atoms with E-state index in [1.807, 2.05) is 0 Å². The van der Waals surface area contributed by atoms with Crippen LogP contribution in [0.1, 0.15) is 25.7 Å². The van der Waals surface area contributed by atoms with Gasteiger partial charge in [0, 0.05) is 7.11 Å². The van der Waals surface area contributed by atoms with Crippen molar-refractivity contribution in [3.8, 4) is 0 Å². The van der Waals surface area contributed by atoms with E-state index >= 15 is 0 Å². The number of carbonyl (C=O) groups is 1. The Morgan fingerprint density at radius 1 is 1.64 bits per heavy atom. The minimum Gasteiger partial charge on any atom is -0.480 e. The molecule has 1 saturated carbocycles. The molecule has 0 heterocycles. The number of aliphatic carboxylic acids is 1. The molecule has 0 aliphatic heterocycles. The molecule has 0 bridgehead atoms. The Bertz CT molecular complexity index is 180. The first kappa shape index (κ1) is 11.5. The molecule has 2 N–H and O–H groups in total. The van der Waals surface area contributed by atoms with Gasteiger partial charge in [-0.15, -0.1) is 0 Å². The maximum Gasteiger partial charge on any atom is 0.323 e. The summed E-state index contributed by atoms with van der Waals surface area (Å²) in [5.74, 6) is 0.0841. The molecule has 1 aliphatic carbocycles. The number of carboxylic acid groups (broad SMARTS) is 1. The van der Waals surface area contributed by atoms with Crippen LogP contribution < -0.4 is 5.32 Å². The summed E-state index contributed by atoms with van der Waals surface area (Å²) in [7, 11) is 1.52. The van der Waals surface area contributed by atoms with Crippen LogP contribution in [-0.4, -0.2) is 37.4 Å². The third-order valence-corrected chi connectivity index (χ3v) is 2.51. The number of hydrogen-bond acceptors (Lipinski definition) is 3. The summed E-state index contributed by atoms with van der Waals surface area (Å²) in [5.41, 5.74) is 0. The molecule has 0 spiro atoms. The van der Waals surface area contributed by atoms with Gasteiger partial charge in [0.2, 0.25) is 0 Å². The SMILES string of the molecule is COCC(NCCCC1CC1)C(=O)O. The maximum absolute atomic E-state index is 10.7. The second-order valence-electron chi connectivity index (χ2n) is 3.89. The fourth-order valence-corrected chi connectivity index (χ4v) is 1.46. The van der Waals surface area contributed by atoms with Crippen molar-refractivity contribution in [2.24, 2.45) is 5.92 Å². The average molecular weight is 201 g/mol. The fraction of sp³-hybridized carbons (Fsp3) is 0.900. The normalized spacial score (nSPS) is 18.1. The van der Waals surface area contributed by atoms with Gasteiger partial charge in [-0.25, -0.2) is 0 Å². The summed E-state index contributed by atoms with van der Waals surface area (Å²) >= 11 is 0. The van der Waals surface area contributed by atoms with E-state index in [-0.39, 0.29) is 6.61 Å². The molecule has 0 saturated heterocycles. The Morgan fingerprint density at radius 3 is 2.86 bits per heavy atom. The summed E-state index contributed by atoms with van der Waals surface area (Å²) in [5, 5.41) is 11.8. The molecule has 1 atom stereocenters. The van der Waals surface area contributed by atoms with Crippen molar-refractivity contribution in [1.82, 2.24) is 5.32 Å². The molecule has 0 radical (unpaired) electrons. The molecule has 0 aromatic rings. The van der Waals surface area contributed by atoms with E-state index in [1.54, 1.807) is 0 Å². The highest BCUT2D eigenvalue weighted by Gasteiger charge is 2.21. The minimum absolute atomic E-state index is 0.235. The molecule has 1 unspecified atom stereocenters. The molecular formula is C10H19NO3. The Kier molecular flexibility index (Phi) is 4.90. The summed E-state index contributed by atoms with van der Waals surface area (Å²) in [4.78, 5) is 10.7. The summed E-state index contributed by atoms with van der Waals surface area (Å²) in [6.45, 7) is 1.01. The van der Waals surface area contributed by atoms with Gasteiger partial charge < -0.3 is 15.2 Å². The molecule has 0 aromatic heterocycles. The number of ether oxygens (including phenoxy) is 1. The molecule has 0 aromatic carbocycles. The smallest absolute Gasteiger partial charge is 0.323 e. The number of hydrogen-bond donors (Lipinski definition) is 2. The van der Waals surface area contributed by atoms with Gasteiger partial charge in [-0.05, 0) is 25.3 Å². The predicted octanol–water partition coefficient (Wildman–Crippen LogP) is 0.866. The number of carboxylic acids is 1. The summed E-state index contributed by atoms with van der Waals surface area (Å²) < 4.78 is 4.81. The molecule has 4 heteroatoms. The lowest BCUT2D eigenvalue weighted by molar-refractivity contribution is -0.140. The van der Waals surface area contributed by atoms with Crippen LogP contribution in [0.4, 0.5) is 0 Å². The van der Waals surface area contributed by atoms with Crippen LogP contribution in [0.25, 0.3) is 0 Å². The second kappa shape index (κ2) is 5.98. The van der Waals surface area contributed by atoms with Crippen LogP contribution in [-0.2, 0) is 9.53 Å². The van der Waals surface area contributed by atoms with E-state index < -0.39 is 12.0 Å². The second-order valence-corrected chi connectivity index (χ2v) is 3.89. The first-order valence-electron chi connectivity index (χ1n) is 5.19. The number of nitrogens with one attached hydrogen (secondary N) is 1. The zero-order valence-electron chi connectivity index (χ0n) is 8.66. The summed E-state index contributed by atoms with van der Waals surface area (Å²) in [6.07, 6.45) is 5.02. The van der Waals surface area contributed by atoms with Crippen molar-refractivity contribution >= 4 is 5.97 Å². The molecule has 82 valence electrons. The van der Waals surface area contributed by atoms with Crippen molar-refractivity contribution in [1.29, 1.82) is 0 Å². The van der Waals surface area contributed by atoms with Gasteiger partial charge in [-0.1, -0.05) is 12.8 Å². The highest BCUT2D eigenvalue weighted by Crippen LogP contribution is 2.33. The van der Waals surface area contributed by atoms with Gasteiger partial charge in [0.1, 0.15) is 6.04 Å². The number of rotatable bonds is 8. The Balaban J connectivity index is 2.02. The van der Waals surface area contributed by atoms with E-state index in [9.17, 15) is 4.79 Å². The molecule has 1 fully saturated rings. The highest BCUT2D eigenvalue weighted by molar-refractivity contribution is 5.73. The predicted molar refractivity (Wildman–Crippen MR) is 53.3 cm³/mol. The van der Waals surface area contributed by atoms with Crippen LogP contribution in [0.2, 0.25) is 0 Å². The lowest BCUT2D eigenvalue weighted by atomic mass is 10.2. The van der Waals surface area contributed by atoms with E-state index in [1.165, 1.54) is 26.4 Å². The van der Waals surface area contributed by atoms with Gasteiger partial charge in [-0.2, -0.15) is 0 Å². The summed E-state index contributed by atoms with van der Waals surface area (Å²) in [6, 6.07) is -0.556. The van der Waals surface area contributed by atoms with Gasteiger partial charge >= 0.3 is 5.97 Å². The van der Waals surface area contributed by atoms with Crippen molar-refractivity contribution in [3.05, 3.63) is 0 Å². The first-order chi connectivity index (χ1) is 6.74.